The third kappa shape index (κ3) is 5.28. The molecule has 0 spiro atoms. The van der Waals surface area contributed by atoms with Gasteiger partial charge in [0.1, 0.15) is 23.7 Å². The number of carbonyl (C=O) groups is 2. The van der Waals surface area contributed by atoms with E-state index >= 15 is 0 Å². The van der Waals surface area contributed by atoms with Crippen molar-refractivity contribution in [1.29, 1.82) is 0 Å². The van der Waals surface area contributed by atoms with Gasteiger partial charge >= 0.3 is 0 Å². The molecule has 2 amide bonds. The Labute approximate surface area is 231 Å². The Bertz CT molecular complexity index is 1560. The number of anilines is 2. The van der Waals surface area contributed by atoms with Crippen molar-refractivity contribution in [3.8, 4) is 11.3 Å². The lowest BCUT2D eigenvalue weighted by molar-refractivity contribution is -0.125. The summed E-state index contributed by atoms with van der Waals surface area (Å²) in [5.74, 6) is 0.567. The Morgan fingerprint density at radius 2 is 1.93 bits per heavy atom. The van der Waals surface area contributed by atoms with Crippen LogP contribution in [0.5, 0.6) is 0 Å². The largest absolute Gasteiger partial charge is 0.383 e. The Kier molecular flexibility index (Phi) is 6.95. The van der Waals surface area contributed by atoms with Crippen LogP contribution in [0.25, 0.3) is 22.3 Å². The lowest BCUT2D eigenvalue weighted by atomic mass is 10.1. The van der Waals surface area contributed by atoms with Gasteiger partial charge in [-0.2, -0.15) is 5.10 Å². The van der Waals surface area contributed by atoms with E-state index in [0.29, 0.717) is 53.1 Å². The molecule has 1 aliphatic carbocycles. The molecule has 3 N–H and O–H groups in total. The third-order valence-electron chi connectivity index (χ3n) is 7.49. The van der Waals surface area contributed by atoms with E-state index in [0.717, 1.165) is 18.5 Å². The van der Waals surface area contributed by atoms with Gasteiger partial charge in [-0.25, -0.2) is 19.6 Å². The van der Waals surface area contributed by atoms with Gasteiger partial charge in [-0.1, -0.05) is 24.3 Å². The molecule has 1 aliphatic heterocycles. The first-order valence-corrected chi connectivity index (χ1v) is 13.4. The van der Waals surface area contributed by atoms with Gasteiger partial charge < -0.3 is 16.0 Å². The number of likely N-dealkylation sites (N-methyl/N-ethyl adjacent to an activating group) is 1. The van der Waals surface area contributed by atoms with E-state index in [1.807, 2.05) is 33.9 Å². The van der Waals surface area contributed by atoms with Crippen LogP contribution in [0.3, 0.4) is 0 Å². The number of pyridine rings is 1. The quantitative estimate of drug-likeness (QED) is 0.327. The number of carbonyl (C=O) groups excluding carboxylic acids is 2. The molecule has 1 unspecified atom stereocenters. The smallest absolute Gasteiger partial charge is 0.256 e. The number of benzene rings is 1. The van der Waals surface area contributed by atoms with E-state index in [9.17, 15) is 9.59 Å². The average molecular weight is 538 g/mol. The van der Waals surface area contributed by atoms with Crippen LogP contribution >= 0.6 is 0 Å². The maximum absolute atomic E-state index is 12.8. The van der Waals surface area contributed by atoms with Crippen LogP contribution in [-0.2, 0) is 4.79 Å². The highest BCUT2D eigenvalue weighted by atomic mass is 16.2. The zero-order valence-corrected chi connectivity index (χ0v) is 22.3. The number of hydrogen-bond acceptors (Lipinski definition) is 8. The monoisotopic (exact) mass is 537 g/mol. The molecule has 1 saturated heterocycles. The molecule has 2 aliphatic rings. The fourth-order valence-electron chi connectivity index (χ4n) is 5.09. The molecule has 0 bridgehead atoms. The number of hydrogen-bond donors (Lipinski definition) is 2. The van der Waals surface area contributed by atoms with E-state index in [4.69, 9.17) is 10.8 Å². The van der Waals surface area contributed by atoms with Gasteiger partial charge in [0, 0.05) is 49.1 Å². The molecule has 4 aromatic rings. The summed E-state index contributed by atoms with van der Waals surface area (Å²) in [5.41, 5.74) is 8.83. The maximum atomic E-state index is 12.8. The number of nitrogens with zero attached hydrogens (tertiary/aromatic N) is 7. The van der Waals surface area contributed by atoms with E-state index in [1.165, 1.54) is 19.2 Å². The lowest BCUT2D eigenvalue weighted by Crippen LogP contribution is -2.28. The normalized spacial score (nSPS) is 17.2. The molecule has 0 radical (unpaired) electrons. The summed E-state index contributed by atoms with van der Waals surface area (Å²) in [6, 6.07) is 13.1. The van der Waals surface area contributed by atoms with Gasteiger partial charge in [0.05, 0.1) is 11.4 Å². The summed E-state index contributed by atoms with van der Waals surface area (Å²) < 4.78 is 1.86. The van der Waals surface area contributed by atoms with Crippen LogP contribution in [0.1, 0.15) is 35.7 Å². The second-order valence-corrected chi connectivity index (χ2v) is 10.3. The predicted molar refractivity (Wildman–Crippen MR) is 152 cm³/mol. The van der Waals surface area contributed by atoms with Gasteiger partial charge in [0.25, 0.3) is 5.91 Å². The molecule has 6 rings (SSSR count). The maximum Gasteiger partial charge on any atom is 0.256 e. The Morgan fingerprint density at radius 1 is 1.10 bits per heavy atom. The van der Waals surface area contributed by atoms with Crippen molar-refractivity contribution in [2.45, 2.75) is 31.3 Å². The summed E-state index contributed by atoms with van der Waals surface area (Å²) in [6.45, 7) is 1.96. The van der Waals surface area contributed by atoms with Crippen molar-refractivity contribution >= 4 is 34.5 Å². The molecule has 40 heavy (non-hydrogen) atoms. The van der Waals surface area contributed by atoms with Gasteiger partial charge in [-0.3, -0.25) is 14.5 Å². The van der Waals surface area contributed by atoms with Crippen LogP contribution < -0.4 is 11.1 Å². The summed E-state index contributed by atoms with van der Waals surface area (Å²) >= 11 is 0. The van der Waals surface area contributed by atoms with E-state index in [-0.39, 0.29) is 17.9 Å². The SMILES string of the molecule is CN(C/C=C/C(=O)N1CCC(n2nc(-c3ccc(C(=O)Nc4ccccn4)cc3)c3c(N)ncnc32)C1)C1CC1. The molecule has 1 saturated carbocycles. The second kappa shape index (κ2) is 10.9. The van der Waals surface area contributed by atoms with Crippen molar-refractivity contribution in [2.24, 2.45) is 0 Å². The number of aromatic nitrogens is 5. The van der Waals surface area contributed by atoms with Crippen molar-refractivity contribution in [2.75, 3.05) is 37.7 Å². The average Bonchev–Trinajstić information content (AvgIpc) is 3.58. The van der Waals surface area contributed by atoms with Crippen molar-refractivity contribution in [3.63, 3.8) is 0 Å². The minimum atomic E-state index is -0.257. The van der Waals surface area contributed by atoms with Crippen molar-refractivity contribution in [3.05, 3.63) is 72.7 Å². The minimum absolute atomic E-state index is 0.0112. The number of fused-ring (bicyclic) bond motifs is 1. The summed E-state index contributed by atoms with van der Waals surface area (Å²) in [4.78, 5) is 42.5. The first kappa shape index (κ1) is 25.6. The molecule has 3 aromatic heterocycles. The predicted octanol–water partition coefficient (Wildman–Crippen LogP) is 3.15. The lowest BCUT2D eigenvalue weighted by Gasteiger charge is -2.16. The van der Waals surface area contributed by atoms with Crippen LogP contribution in [0, 0.1) is 0 Å². The molecule has 4 heterocycles. The van der Waals surface area contributed by atoms with Crippen LogP contribution in [0.2, 0.25) is 0 Å². The molecule has 204 valence electrons. The second-order valence-electron chi connectivity index (χ2n) is 10.3. The zero-order valence-electron chi connectivity index (χ0n) is 22.3. The number of nitrogen functional groups attached to an aromatic ring is 1. The Hall–Kier alpha value is -4.64. The van der Waals surface area contributed by atoms with Crippen LogP contribution in [-0.4, -0.2) is 79.1 Å². The topological polar surface area (TPSA) is 135 Å². The molecule has 1 atom stereocenters. The molecular weight excluding hydrogens is 506 g/mol. The van der Waals surface area contributed by atoms with Crippen molar-refractivity contribution in [1.82, 2.24) is 34.5 Å². The summed E-state index contributed by atoms with van der Waals surface area (Å²) in [6.07, 6.45) is 9.92. The number of nitrogens with two attached hydrogens (primary N) is 1. The van der Waals surface area contributed by atoms with Gasteiger partial charge in [0.15, 0.2) is 5.65 Å². The molecule has 11 nitrogen and oxygen atoms in total. The first-order chi connectivity index (χ1) is 19.5. The summed E-state index contributed by atoms with van der Waals surface area (Å²) in [5, 5.41) is 8.35. The Balaban J connectivity index is 1.20. The van der Waals surface area contributed by atoms with E-state index < -0.39 is 0 Å². The molecular formula is C29H31N9O2. The summed E-state index contributed by atoms with van der Waals surface area (Å²) in [7, 11) is 2.09. The van der Waals surface area contributed by atoms with Crippen LogP contribution in [0.4, 0.5) is 11.6 Å². The van der Waals surface area contributed by atoms with E-state index in [1.54, 1.807) is 36.5 Å². The van der Waals surface area contributed by atoms with Gasteiger partial charge in [0.2, 0.25) is 5.91 Å². The van der Waals surface area contributed by atoms with Gasteiger partial charge in [-0.05, 0) is 50.6 Å². The highest BCUT2D eigenvalue weighted by Gasteiger charge is 2.30. The zero-order chi connectivity index (χ0) is 27.6. The number of rotatable bonds is 8. The number of amides is 2. The standard InChI is InChI=1S/C29H31N9O2/c1-36(21-11-12-21)15-4-6-24(39)37-16-13-22(17-37)38-28-25(27(30)32-18-33-28)26(35-38)19-7-9-20(10-8-19)29(40)34-23-5-2-3-14-31-23/h2-10,14,18,21-22H,11-13,15-17H2,1H3,(H2,30,32,33)(H,31,34,40)/b6-4+. The molecule has 2 fully saturated rings. The number of likely N-dealkylation sites (tertiary alicyclic amines) is 1. The molecule has 11 heteroatoms. The van der Waals surface area contributed by atoms with E-state index in [2.05, 4.69) is 32.2 Å². The number of nitrogens with one attached hydrogen (secondary N) is 1. The Morgan fingerprint density at radius 3 is 2.67 bits per heavy atom. The molecule has 1 aromatic carbocycles. The highest BCUT2D eigenvalue weighted by Crippen LogP contribution is 2.34. The van der Waals surface area contributed by atoms with Gasteiger partial charge in [-0.15, -0.1) is 0 Å². The van der Waals surface area contributed by atoms with Crippen molar-refractivity contribution < 1.29 is 9.59 Å². The fraction of sp³-hybridized carbons (Fsp3) is 0.310. The first-order valence-electron chi connectivity index (χ1n) is 13.4. The van der Waals surface area contributed by atoms with Crippen LogP contribution in [0.15, 0.2) is 67.1 Å². The highest BCUT2D eigenvalue weighted by molar-refractivity contribution is 6.04. The minimum Gasteiger partial charge on any atom is -0.383 e. The third-order valence-corrected chi connectivity index (χ3v) is 7.49. The fourth-order valence-corrected chi connectivity index (χ4v) is 5.09.